The minimum atomic E-state index is 0.623. The van der Waals surface area contributed by atoms with Gasteiger partial charge in [-0.3, -0.25) is 0 Å². The molecule has 1 aromatic carbocycles. The van der Waals surface area contributed by atoms with Crippen molar-refractivity contribution in [2.45, 2.75) is 0 Å². The number of rotatable bonds is 2. The van der Waals surface area contributed by atoms with E-state index in [9.17, 15) is 0 Å². The molecule has 0 atom stereocenters. The molecule has 0 fully saturated rings. The predicted octanol–water partition coefficient (Wildman–Crippen LogP) is 3.93. The minimum Gasteiger partial charge on any atom is -0.396 e. The van der Waals surface area contributed by atoms with Crippen molar-refractivity contribution in [1.29, 1.82) is 0 Å². The number of nitrogen functional groups attached to an aromatic ring is 1. The average molecular weight is 343 g/mol. The number of nitrogens with zero attached hydrogens (tertiary/aromatic N) is 1. The highest BCUT2D eigenvalue weighted by atomic mass is 79.9. The Morgan fingerprint density at radius 3 is 2.69 bits per heavy atom. The topological polar surface area (TPSA) is 50.9 Å². The molecule has 1 heterocycles. The summed E-state index contributed by atoms with van der Waals surface area (Å²) in [5, 5.41) is 3.16. The SMILES string of the molecule is Nc1cccnc1Nc1ccc(Br)cc1Br. The molecule has 0 aliphatic rings. The highest BCUT2D eigenvalue weighted by molar-refractivity contribution is 9.11. The van der Waals surface area contributed by atoms with Gasteiger partial charge >= 0.3 is 0 Å². The summed E-state index contributed by atoms with van der Waals surface area (Å²) in [6.07, 6.45) is 1.70. The van der Waals surface area contributed by atoms with Crippen LogP contribution in [-0.2, 0) is 0 Å². The van der Waals surface area contributed by atoms with Gasteiger partial charge in [0.15, 0.2) is 5.82 Å². The van der Waals surface area contributed by atoms with Gasteiger partial charge in [0.25, 0.3) is 0 Å². The van der Waals surface area contributed by atoms with Crippen molar-refractivity contribution in [1.82, 2.24) is 4.98 Å². The van der Waals surface area contributed by atoms with E-state index >= 15 is 0 Å². The Kier molecular flexibility index (Phi) is 3.46. The molecule has 5 heteroatoms. The summed E-state index contributed by atoms with van der Waals surface area (Å²) >= 11 is 6.87. The largest absolute Gasteiger partial charge is 0.396 e. The molecular formula is C11H9Br2N3. The van der Waals surface area contributed by atoms with Crippen LogP contribution in [0.3, 0.4) is 0 Å². The summed E-state index contributed by atoms with van der Waals surface area (Å²) in [6.45, 7) is 0. The standard InChI is InChI=1S/C11H9Br2N3/c12-7-3-4-10(8(13)6-7)16-11-9(14)2-1-5-15-11/h1-6H,14H2,(H,15,16). The van der Waals surface area contributed by atoms with Crippen molar-refractivity contribution >= 4 is 49.1 Å². The lowest BCUT2D eigenvalue weighted by Gasteiger charge is -2.09. The lowest BCUT2D eigenvalue weighted by atomic mass is 10.3. The van der Waals surface area contributed by atoms with E-state index in [1.54, 1.807) is 12.3 Å². The number of hydrogen-bond acceptors (Lipinski definition) is 3. The lowest BCUT2D eigenvalue weighted by Crippen LogP contribution is -1.98. The molecule has 0 radical (unpaired) electrons. The minimum absolute atomic E-state index is 0.623. The third-order valence-electron chi connectivity index (χ3n) is 2.02. The molecule has 16 heavy (non-hydrogen) atoms. The van der Waals surface area contributed by atoms with Crippen LogP contribution in [0.4, 0.5) is 17.2 Å². The Morgan fingerprint density at radius 2 is 2.00 bits per heavy atom. The normalized spacial score (nSPS) is 10.1. The van der Waals surface area contributed by atoms with Crippen molar-refractivity contribution in [3.05, 3.63) is 45.5 Å². The highest BCUT2D eigenvalue weighted by Crippen LogP contribution is 2.29. The Labute approximate surface area is 110 Å². The van der Waals surface area contributed by atoms with E-state index in [0.29, 0.717) is 11.5 Å². The maximum absolute atomic E-state index is 5.80. The summed E-state index contributed by atoms with van der Waals surface area (Å²) in [7, 11) is 0. The van der Waals surface area contributed by atoms with Gasteiger partial charge in [-0.2, -0.15) is 0 Å². The molecule has 2 rings (SSSR count). The molecule has 0 unspecified atom stereocenters. The number of pyridine rings is 1. The number of halogens is 2. The van der Waals surface area contributed by atoms with Crippen molar-refractivity contribution < 1.29 is 0 Å². The zero-order chi connectivity index (χ0) is 11.5. The highest BCUT2D eigenvalue weighted by Gasteiger charge is 2.03. The molecule has 0 spiro atoms. The number of nitrogens with one attached hydrogen (secondary N) is 1. The summed E-state index contributed by atoms with van der Waals surface area (Å²) in [5.74, 6) is 0.658. The molecule has 0 aliphatic heterocycles. The van der Waals surface area contributed by atoms with Gasteiger partial charge in [0, 0.05) is 15.1 Å². The molecule has 2 aromatic rings. The molecule has 3 nitrogen and oxygen atoms in total. The second-order valence-electron chi connectivity index (χ2n) is 3.19. The first-order valence-electron chi connectivity index (χ1n) is 4.59. The molecular weight excluding hydrogens is 334 g/mol. The lowest BCUT2D eigenvalue weighted by molar-refractivity contribution is 1.31. The fourth-order valence-electron chi connectivity index (χ4n) is 1.24. The van der Waals surface area contributed by atoms with Crippen LogP contribution >= 0.6 is 31.9 Å². The van der Waals surface area contributed by atoms with Crippen molar-refractivity contribution in [3.63, 3.8) is 0 Å². The molecule has 1 aromatic heterocycles. The van der Waals surface area contributed by atoms with Gasteiger partial charge in [-0.25, -0.2) is 4.98 Å². The van der Waals surface area contributed by atoms with E-state index in [1.165, 1.54) is 0 Å². The van der Waals surface area contributed by atoms with Gasteiger partial charge in [-0.15, -0.1) is 0 Å². The van der Waals surface area contributed by atoms with Crippen LogP contribution in [0.2, 0.25) is 0 Å². The Bertz CT molecular complexity index is 514. The maximum Gasteiger partial charge on any atom is 0.153 e. The smallest absolute Gasteiger partial charge is 0.153 e. The fourth-order valence-corrected chi connectivity index (χ4v) is 2.39. The second-order valence-corrected chi connectivity index (χ2v) is 4.96. The van der Waals surface area contributed by atoms with Crippen LogP contribution < -0.4 is 11.1 Å². The predicted molar refractivity (Wildman–Crippen MR) is 73.8 cm³/mol. The fraction of sp³-hybridized carbons (Fsp3) is 0. The number of benzene rings is 1. The van der Waals surface area contributed by atoms with Crippen molar-refractivity contribution in [3.8, 4) is 0 Å². The van der Waals surface area contributed by atoms with E-state index in [0.717, 1.165) is 14.6 Å². The summed E-state index contributed by atoms with van der Waals surface area (Å²) in [6, 6.07) is 9.47. The van der Waals surface area contributed by atoms with E-state index < -0.39 is 0 Å². The van der Waals surface area contributed by atoms with Crippen LogP contribution in [0.1, 0.15) is 0 Å². The Balaban J connectivity index is 2.31. The molecule has 0 bridgehead atoms. The molecule has 3 N–H and O–H groups in total. The molecule has 0 aliphatic carbocycles. The van der Waals surface area contributed by atoms with Gasteiger partial charge in [-0.1, -0.05) is 15.9 Å². The Morgan fingerprint density at radius 1 is 1.19 bits per heavy atom. The summed E-state index contributed by atoms with van der Waals surface area (Å²) < 4.78 is 1.96. The van der Waals surface area contributed by atoms with Crippen LogP contribution in [0.15, 0.2) is 45.5 Å². The molecule has 0 saturated carbocycles. The van der Waals surface area contributed by atoms with Gasteiger partial charge in [0.1, 0.15) is 0 Å². The van der Waals surface area contributed by atoms with E-state index in [-0.39, 0.29) is 0 Å². The third kappa shape index (κ3) is 2.54. The molecule has 0 amide bonds. The van der Waals surface area contributed by atoms with E-state index in [1.807, 2.05) is 24.3 Å². The van der Waals surface area contributed by atoms with E-state index in [4.69, 9.17) is 5.73 Å². The van der Waals surface area contributed by atoms with E-state index in [2.05, 4.69) is 42.2 Å². The molecule has 0 saturated heterocycles. The Hall–Kier alpha value is -1.07. The van der Waals surface area contributed by atoms with Gasteiger partial charge in [0.05, 0.1) is 11.4 Å². The first kappa shape index (κ1) is 11.4. The maximum atomic E-state index is 5.80. The summed E-state index contributed by atoms with van der Waals surface area (Å²) in [4.78, 5) is 4.17. The number of anilines is 3. The first-order chi connectivity index (χ1) is 7.66. The van der Waals surface area contributed by atoms with Crippen LogP contribution in [0.25, 0.3) is 0 Å². The van der Waals surface area contributed by atoms with Gasteiger partial charge < -0.3 is 11.1 Å². The van der Waals surface area contributed by atoms with Gasteiger partial charge in [-0.05, 0) is 46.3 Å². The zero-order valence-electron chi connectivity index (χ0n) is 8.24. The van der Waals surface area contributed by atoms with Crippen molar-refractivity contribution in [2.24, 2.45) is 0 Å². The third-order valence-corrected chi connectivity index (χ3v) is 3.17. The monoisotopic (exact) mass is 341 g/mol. The van der Waals surface area contributed by atoms with Crippen LogP contribution in [0, 0.1) is 0 Å². The molecule has 82 valence electrons. The number of nitrogens with two attached hydrogens (primary N) is 1. The van der Waals surface area contributed by atoms with Crippen molar-refractivity contribution in [2.75, 3.05) is 11.1 Å². The van der Waals surface area contributed by atoms with Crippen LogP contribution in [-0.4, -0.2) is 4.98 Å². The quantitative estimate of drug-likeness (QED) is 0.869. The number of aromatic nitrogens is 1. The first-order valence-corrected chi connectivity index (χ1v) is 6.18. The van der Waals surface area contributed by atoms with Crippen LogP contribution in [0.5, 0.6) is 0 Å². The number of hydrogen-bond donors (Lipinski definition) is 2. The van der Waals surface area contributed by atoms with Gasteiger partial charge in [0.2, 0.25) is 0 Å². The zero-order valence-corrected chi connectivity index (χ0v) is 11.4. The average Bonchev–Trinajstić information content (AvgIpc) is 2.25. The second kappa shape index (κ2) is 4.84. The summed E-state index contributed by atoms with van der Waals surface area (Å²) in [5.41, 5.74) is 7.35.